The number of hydrogen-bond acceptors (Lipinski definition) is 4. The number of ether oxygens (including phenoxy) is 2. The summed E-state index contributed by atoms with van der Waals surface area (Å²) in [6, 6.07) is 16.6. The Bertz CT molecular complexity index is 806. The third kappa shape index (κ3) is 7.96. The average molecular weight is 427 g/mol. The lowest BCUT2D eigenvalue weighted by molar-refractivity contribution is -0.141. The second-order valence-corrected chi connectivity index (χ2v) is 7.72. The predicted molar refractivity (Wildman–Crippen MR) is 122 cm³/mol. The first-order chi connectivity index (χ1) is 14.9. The summed E-state index contributed by atoms with van der Waals surface area (Å²) in [6.07, 6.45) is 1.44. The molecule has 0 saturated heterocycles. The quantitative estimate of drug-likeness (QED) is 0.517. The van der Waals surface area contributed by atoms with Gasteiger partial charge in [0.15, 0.2) is 0 Å². The summed E-state index contributed by atoms with van der Waals surface area (Å²) < 4.78 is 10.9. The summed E-state index contributed by atoms with van der Waals surface area (Å²) in [5.74, 6) is 1.34. The van der Waals surface area contributed by atoms with Crippen molar-refractivity contribution in [1.29, 1.82) is 0 Å². The van der Waals surface area contributed by atoms with Crippen molar-refractivity contribution in [2.45, 2.75) is 58.7 Å². The van der Waals surface area contributed by atoms with E-state index in [0.717, 1.165) is 17.1 Å². The fraction of sp³-hybridized carbons (Fsp3) is 0.440. The van der Waals surface area contributed by atoms with Crippen LogP contribution < -0.4 is 14.8 Å². The molecule has 0 unspecified atom stereocenters. The Morgan fingerprint density at radius 1 is 1.00 bits per heavy atom. The van der Waals surface area contributed by atoms with E-state index >= 15 is 0 Å². The van der Waals surface area contributed by atoms with Crippen molar-refractivity contribution in [2.24, 2.45) is 0 Å². The first kappa shape index (κ1) is 24.3. The number of nitrogens with one attached hydrogen (secondary N) is 1. The smallest absolute Gasteiger partial charge is 0.243 e. The minimum absolute atomic E-state index is 0.0214. The summed E-state index contributed by atoms with van der Waals surface area (Å²) in [5, 5.41) is 2.95. The highest BCUT2D eigenvalue weighted by Gasteiger charge is 2.28. The zero-order valence-corrected chi connectivity index (χ0v) is 19.0. The first-order valence-electron chi connectivity index (χ1n) is 10.8. The predicted octanol–water partition coefficient (Wildman–Crippen LogP) is 4.19. The molecule has 6 nitrogen and oxygen atoms in total. The van der Waals surface area contributed by atoms with Gasteiger partial charge in [-0.15, -0.1) is 0 Å². The molecule has 0 saturated carbocycles. The molecule has 0 aliphatic carbocycles. The van der Waals surface area contributed by atoms with Crippen LogP contribution in [-0.4, -0.2) is 42.5 Å². The molecule has 2 aromatic carbocycles. The van der Waals surface area contributed by atoms with E-state index in [2.05, 4.69) is 5.32 Å². The van der Waals surface area contributed by atoms with Gasteiger partial charge < -0.3 is 19.7 Å². The summed E-state index contributed by atoms with van der Waals surface area (Å²) in [5.41, 5.74) is 1.00. The van der Waals surface area contributed by atoms with Crippen LogP contribution in [0.5, 0.6) is 11.5 Å². The third-order valence-corrected chi connectivity index (χ3v) is 4.88. The lowest BCUT2D eigenvalue weighted by Gasteiger charge is -2.31. The number of benzene rings is 2. The molecule has 0 aliphatic rings. The van der Waals surface area contributed by atoms with Crippen molar-refractivity contribution >= 4 is 11.8 Å². The van der Waals surface area contributed by atoms with Crippen LogP contribution in [0.4, 0.5) is 0 Å². The van der Waals surface area contributed by atoms with Gasteiger partial charge in [-0.25, -0.2) is 0 Å². The Labute approximate surface area is 185 Å². The van der Waals surface area contributed by atoms with Gasteiger partial charge in [0.05, 0.1) is 13.7 Å². The lowest BCUT2D eigenvalue weighted by atomic mass is 10.1. The molecule has 2 amide bonds. The van der Waals surface area contributed by atoms with Crippen molar-refractivity contribution in [3.05, 3.63) is 60.2 Å². The molecule has 1 N–H and O–H groups in total. The number of hydrogen-bond donors (Lipinski definition) is 1. The zero-order chi connectivity index (χ0) is 22.6. The molecule has 1 atom stereocenters. The Hall–Kier alpha value is -3.02. The molecule has 2 rings (SSSR count). The van der Waals surface area contributed by atoms with Crippen LogP contribution in [-0.2, 0) is 16.1 Å². The van der Waals surface area contributed by atoms with Gasteiger partial charge in [0.25, 0.3) is 0 Å². The zero-order valence-electron chi connectivity index (χ0n) is 19.0. The third-order valence-electron chi connectivity index (χ3n) is 4.88. The van der Waals surface area contributed by atoms with Crippen molar-refractivity contribution in [3.8, 4) is 11.5 Å². The molecular formula is C25H34N2O4. The van der Waals surface area contributed by atoms with Crippen LogP contribution in [0.25, 0.3) is 0 Å². The van der Waals surface area contributed by atoms with Gasteiger partial charge >= 0.3 is 0 Å². The normalized spacial score (nSPS) is 11.6. The molecule has 0 aromatic heterocycles. The number of amides is 2. The van der Waals surface area contributed by atoms with E-state index < -0.39 is 6.04 Å². The largest absolute Gasteiger partial charge is 0.497 e. The minimum Gasteiger partial charge on any atom is -0.497 e. The number of carbonyl (C=O) groups is 2. The van der Waals surface area contributed by atoms with Crippen LogP contribution in [0, 0.1) is 0 Å². The summed E-state index contributed by atoms with van der Waals surface area (Å²) >= 11 is 0. The van der Waals surface area contributed by atoms with Crippen LogP contribution in [0.1, 0.15) is 45.6 Å². The summed E-state index contributed by atoms with van der Waals surface area (Å²) in [7, 11) is 1.62. The van der Waals surface area contributed by atoms with Gasteiger partial charge in [-0.05, 0) is 56.5 Å². The van der Waals surface area contributed by atoms with E-state index in [0.29, 0.717) is 32.4 Å². The Kier molecular flexibility index (Phi) is 9.88. The minimum atomic E-state index is -0.502. The van der Waals surface area contributed by atoms with Gasteiger partial charge in [-0.3, -0.25) is 9.59 Å². The number of methoxy groups -OCH3 is 1. The first-order valence-corrected chi connectivity index (χ1v) is 10.8. The Morgan fingerprint density at radius 3 is 2.23 bits per heavy atom. The molecule has 2 aromatic rings. The molecule has 0 bridgehead atoms. The van der Waals surface area contributed by atoms with Crippen LogP contribution >= 0.6 is 0 Å². The fourth-order valence-electron chi connectivity index (χ4n) is 3.31. The topological polar surface area (TPSA) is 67.9 Å². The van der Waals surface area contributed by atoms with Gasteiger partial charge in [0, 0.05) is 19.0 Å². The van der Waals surface area contributed by atoms with Crippen molar-refractivity contribution in [2.75, 3.05) is 13.7 Å². The van der Waals surface area contributed by atoms with Gasteiger partial charge in [-0.2, -0.15) is 0 Å². The van der Waals surface area contributed by atoms with E-state index in [1.54, 1.807) is 12.0 Å². The molecule has 0 heterocycles. The molecule has 0 radical (unpaired) electrons. The molecule has 6 heteroatoms. The SMILES string of the molecule is CC[C@@H](C(=O)NC(C)C)N(Cc1ccccc1)C(=O)CCCOc1ccc(OC)cc1. The maximum absolute atomic E-state index is 13.1. The maximum atomic E-state index is 13.1. The van der Waals surface area contributed by atoms with E-state index in [-0.39, 0.29) is 17.9 Å². The molecule has 0 aliphatic heterocycles. The van der Waals surface area contributed by atoms with Crippen molar-refractivity contribution in [1.82, 2.24) is 10.2 Å². The Balaban J connectivity index is 1.99. The standard InChI is InChI=1S/C25H34N2O4/c1-5-23(25(29)26-19(2)3)27(18-20-10-7-6-8-11-20)24(28)12-9-17-31-22-15-13-21(30-4)14-16-22/h6-8,10-11,13-16,19,23H,5,9,12,17-18H2,1-4H3,(H,26,29)/t23-/m0/s1. The average Bonchev–Trinajstić information content (AvgIpc) is 2.77. The Morgan fingerprint density at radius 2 is 1.65 bits per heavy atom. The van der Waals surface area contributed by atoms with Crippen LogP contribution in [0.15, 0.2) is 54.6 Å². The highest BCUT2D eigenvalue weighted by Crippen LogP contribution is 2.18. The number of rotatable bonds is 12. The van der Waals surface area contributed by atoms with E-state index in [4.69, 9.17) is 9.47 Å². The van der Waals surface area contributed by atoms with Gasteiger partial charge in [-0.1, -0.05) is 37.3 Å². The molecule has 168 valence electrons. The molecule has 31 heavy (non-hydrogen) atoms. The molecular weight excluding hydrogens is 392 g/mol. The van der Waals surface area contributed by atoms with Crippen molar-refractivity contribution < 1.29 is 19.1 Å². The highest BCUT2D eigenvalue weighted by molar-refractivity contribution is 5.87. The maximum Gasteiger partial charge on any atom is 0.243 e. The second-order valence-electron chi connectivity index (χ2n) is 7.72. The van der Waals surface area contributed by atoms with E-state index in [1.165, 1.54) is 0 Å². The number of nitrogens with zero attached hydrogens (tertiary/aromatic N) is 1. The highest BCUT2D eigenvalue weighted by atomic mass is 16.5. The molecule has 0 fully saturated rings. The second kappa shape index (κ2) is 12.6. The van der Waals surface area contributed by atoms with Crippen molar-refractivity contribution in [3.63, 3.8) is 0 Å². The van der Waals surface area contributed by atoms with E-state index in [1.807, 2.05) is 75.4 Å². The fourth-order valence-corrected chi connectivity index (χ4v) is 3.31. The van der Waals surface area contributed by atoms with Crippen LogP contribution in [0.2, 0.25) is 0 Å². The number of carbonyl (C=O) groups excluding carboxylic acids is 2. The van der Waals surface area contributed by atoms with E-state index in [9.17, 15) is 9.59 Å². The summed E-state index contributed by atoms with van der Waals surface area (Å²) in [4.78, 5) is 27.5. The summed E-state index contributed by atoms with van der Waals surface area (Å²) in [6.45, 7) is 6.60. The molecule has 0 spiro atoms. The van der Waals surface area contributed by atoms with Crippen LogP contribution in [0.3, 0.4) is 0 Å². The van der Waals surface area contributed by atoms with Gasteiger partial charge in [0.2, 0.25) is 11.8 Å². The monoisotopic (exact) mass is 426 g/mol. The lowest BCUT2D eigenvalue weighted by Crippen LogP contribution is -2.50. The van der Waals surface area contributed by atoms with Gasteiger partial charge in [0.1, 0.15) is 17.5 Å².